The average Bonchev–Trinajstić information content (AvgIpc) is 2.90. The molecule has 0 aromatic heterocycles. The molecule has 0 spiro atoms. The third-order valence-electron chi connectivity index (χ3n) is 4.24. The van der Waals surface area contributed by atoms with Crippen molar-refractivity contribution in [1.82, 2.24) is 9.80 Å². The summed E-state index contributed by atoms with van der Waals surface area (Å²) in [5.74, 6) is -0.197. The summed E-state index contributed by atoms with van der Waals surface area (Å²) in [6.45, 7) is 4.68. The van der Waals surface area contributed by atoms with Crippen molar-refractivity contribution in [1.29, 1.82) is 0 Å². The first kappa shape index (κ1) is 13.8. The molecule has 0 bridgehead atoms. The lowest BCUT2D eigenvalue weighted by Gasteiger charge is -2.33. The molecule has 0 aromatic carbocycles. The Morgan fingerprint density at radius 1 is 1.33 bits per heavy atom. The number of methoxy groups -OCH3 is 1. The standard InChI is InChI=1S/C13H25N3O2/c1-18-13(17)12(9-14)16-8-5-11(10-16)15-6-3-2-4-7-15/h11-12H,2-10,14H2,1H3. The highest BCUT2D eigenvalue weighted by atomic mass is 16.5. The largest absolute Gasteiger partial charge is 0.468 e. The zero-order valence-corrected chi connectivity index (χ0v) is 11.3. The number of nitrogens with two attached hydrogens (primary N) is 1. The Morgan fingerprint density at radius 2 is 2.06 bits per heavy atom. The van der Waals surface area contributed by atoms with Crippen LogP contribution in [0.25, 0.3) is 0 Å². The molecule has 5 nitrogen and oxygen atoms in total. The molecule has 5 heteroatoms. The average molecular weight is 255 g/mol. The molecular weight excluding hydrogens is 230 g/mol. The molecule has 18 heavy (non-hydrogen) atoms. The molecule has 0 amide bonds. The van der Waals surface area contributed by atoms with Crippen LogP contribution in [0.15, 0.2) is 0 Å². The van der Waals surface area contributed by atoms with E-state index >= 15 is 0 Å². The van der Waals surface area contributed by atoms with Gasteiger partial charge >= 0.3 is 5.97 Å². The Balaban J connectivity index is 1.88. The smallest absolute Gasteiger partial charge is 0.324 e. The third kappa shape index (κ3) is 3.02. The number of hydrogen-bond donors (Lipinski definition) is 1. The number of carbonyl (C=O) groups is 1. The first-order valence-electron chi connectivity index (χ1n) is 7.02. The number of rotatable bonds is 4. The molecule has 2 rings (SSSR count). The van der Waals surface area contributed by atoms with Crippen LogP contribution in [0.5, 0.6) is 0 Å². The van der Waals surface area contributed by atoms with Gasteiger partial charge < -0.3 is 10.5 Å². The van der Waals surface area contributed by atoms with E-state index in [0.717, 1.165) is 19.5 Å². The molecule has 2 aliphatic heterocycles. The molecule has 0 aliphatic carbocycles. The predicted molar refractivity (Wildman–Crippen MR) is 70.3 cm³/mol. The Bertz CT molecular complexity index is 279. The van der Waals surface area contributed by atoms with E-state index in [9.17, 15) is 4.79 Å². The normalized spacial score (nSPS) is 28.2. The van der Waals surface area contributed by atoms with E-state index in [1.807, 2.05) is 0 Å². The second-order valence-corrected chi connectivity index (χ2v) is 5.31. The van der Waals surface area contributed by atoms with Gasteiger partial charge in [0.05, 0.1) is 7.11 Å². The van der Waals surface area contributed by atoms with E-state index in [1.165, 1.54) is 39.5 Å². The van der Waals surface area contributed by atoms with Gasteiger partial charge in [-0.3, -0.25) is 14.6 Å². The van der Waals surface area contributed by atoms with Gasteiger partial charge in [0.1, 0.15) is 6.04 Å². The van der Waals surface area contributed by atoms with Crippen molar-refractivity contribution in [3.63, 3.8) is 0 Å². The maximum absolute atomic E-state index is 11.7. The molecule has 2 aliphatic rings. The highest BCUT2D eigenvalue weighted by molar-refractivity contribution is 5.76. The van der Waals surface area contributed by atoms with Crippen molar-refractivity contribution in [3.05, 3.63) is 0 Å². The molecule has 104 valence electrons. The quantitative estimate of drug-likeness (QED) is 0.719. The van der Waals surface area contributed by atoms with E-state index in [2.05, 4.69) is 9.80 Å². The molecule has 0 radical (unpaired) electrons. The van der Waals surface area contributed by atoms with E-state index in [0.29, 0.717) is 12.6 Å². The molecule has 0 saturated carbocycles. The van der Waals surface area contributed by atoms with Gasteiger partial charge in [-0.05, 0) is 32.4 Å². The van der Waals surface area contributed by atoms with Gasteiger partial charge in [0.2, 0.25) is 0 Å². The summed E-state index contributed by atoms with van der Waals surface area (Å²) in [6, 6.07) is 0.341. The van der Waals surface area contributed by atoms with Gasteiger partial charge in [-0.1, -0.05) is 6.42 Å². The topological polar surface area (TPSA) is 58.8 Å². The van der Waals surface area contributed by atoms with Crippen LogP contribution < -0.4 is 5.73 Å². The van der Waals surface area contributed by atoms with Crippen molar-refractivity contribution in [2.75, 3.05) is 39.8 Å². The number of likely N-dealkylation sites (tertiary alicyclic amines) is 2. The van der Waals surface area contributed by atoms with Crippen LogP contribution in [-0.2, 0) is 9.53 Å². The van der Waals surface area contributed by atoms with E-state index in [1.54, 1.807) is 0 Å². The number of ether oxygens (including phenoxy) is 1. The SMILES string of the molecule is COC(=O)C(CN)N1CCC(N2CCCCC2)C1. The molecule has 2 unspecified atom stereocenters. The molecule has 0 aromatic rings. The number of hydrogen-bond acceptors (Lipinski definition) is 5. The van der Waals surface area contributed by atoms with Crippen molar-refractivity contribution >= 4 is 5.97 Å². The Morgan fingerprint density at radius 3 is 2.67 bits per heavy atom. The summed E-state index contributed by atoms with van der Waals surface area (Å²) < 4.78 is 4.82. The van der Waals surface area contributed by atoms with Crippen LogP contribution >= 0.6 is 0 Å². The minimum Gasteiger partial charge on any atom is -0.468 e. The van der Waals surface area contributed by atoms with Gasteiger partial charge in [0.15, 0.2) is 0 Å². The first-order valence-corrected chi connectivity index (χ1v) is 7.02. The summed E-state index contributed by atoms with van der Waals surface area (Å²) in [4.78, 5) is 16.4. The summed E-state index contributed by atoms with van der Waals surface area (Å²) in [6.07, 6.45) is 5.13. The minimum atomic E-state index is -0.259. The second-order valence-electron chi connectivity index (χ2n) is 5.31. The summed E-state index contributed by atoms with van der Waals surface area (Å²) in [7, 11) is 1.43. The van der Waals surface area contributed by atoms with E-state index in [4.69, 9.17) is 10.5 Å². The van der Waals surface area contributed by atoms with Gasteiger partial charge in [-0.25, -0.2) is 0 Å². The highest BCUT2D eigenvalue weighted by Gasteiger charge is 2.34. The van der Waals surface area contributed by atoms with E-state index in [-0.39, 0.29) is 12.0 Å². The van der Waals surface area contributed by atoms with Crippen molar-refractivity contribution in [2.24, 2.45) is 5.73 Å². The monoisotopic (exact) mass is 255 g/mol. The number of carbonyl (C=O) groups excluding carboxylic acids is 1. The Kier molecular flexibility index (Phi) is 4.97. The number of esters is 1. The molecule has 2 N–H and O–H groups in total. The predicted octanol–water partition coefficient (Wildman–Crippen LogP) is 0.0469. The molecule has 2 heterocycles. The van der Waals surface area contributed by atoms with Crippen LogP contribution in [0.4, 0.5) is 0 Å². The summed E-state index contributed by atoms with van der Waals surface area (Å²) in [5, 5.41) is 0. The minimum absolute atomic E-state index is 0.197. The van der Waals surface area contributed by atoms with Gasteiger partial charge in [-0.15, -0.1) is 0 Å². The summed E-state index contributed by atoms with van der Waals surface area (Å²) in [5.41, 5.74) is 5.70. The van der Waals surface area contributed by atoms with Gasteiger partial charge in [-0.2, -0.15) is 0 Å². The van der Waals surface area contributed by atoms with Crippen molar-refractivity contribution in [2.45, 2.75) is 37.8 Å². The van der Waals surface area contributed by atoms with Crippen LogP contribution in [0, 0.1) is 0 Å². The number of nitrogens with zero attached hydrogens (tertiary/aromatic N) is 2. The van der Waals surface area contributed by atoms with Crippen LogP contribution in [0.1, 0.15) is 25.7 Å². The lowest BCUT2D eigenvalue weighted by molar-refractivity contribution is -0.146. The van der Waals surface area contributed by atoms with Crippen LogP contribution in [-0.4, -0.2) is 67.7 Å². The Labute approximate surface area is 109 Å². The van der Waals surface area contributed by atoms with Crippen molar-refractivity contribution in [3.8, 4) is 0 Å². The molecular formula is C13H25N3O2. The fourth-order valence-electron chi connectivity index (χ4n) is 3.16. The molecule has 2 saturated heterocycles. The van der Waals surface area contributed by atoms with E-state index < -0.39 is 0 Å². The zero-order valence-electron chi connectivity index (χ0n) is 11.3. The van der Waals surface area contributed by atoms with Crippen molar-refractivity contribution < 1.29 is 9.53 Å². The first-order chi connectivity index (χ1) is 8.76. The second kappa shape index (κ2) is 6.50. The highest BCUT2D eigenvalue weighted by Crippen LogP contribution is 2.21. The Hall–Kier alpha value is -0.650. The summed E-state index contributed by atoms with van der Waals surface area (Å²) >= 11 is 0. The van der Waals surface area contributed by atoms with Crippen LogP contribution in [0.3, 0.4) is 0 Å². The lowest BCUT2D eigenvalue weighted by Crippen LogP contribution is -2.48. The zero-order chi connectivity index (χ0) is 13.0. The van der Waals surface area contributed by atoms with Gasteiger partial charge in [0, 0.05) is 25.7 Å². The third-order valence-corrected chi connectivity index (χ3v) is 4.24. The fraction of sp³-hybridized carbons (Fsp3) is 0.923. The molecule has 2 atom stereocenters. The van der Waals surface area contributed by atoms with Crippen LogP contribution in [0.2, 0.25) is 0 Å². The maximum Gasteiger partial charge on any atom is 0.324 e. The number of piperidine rings is 1. The lowest BCUT2D eigenvalue weighted by atomic mass is 10.1. The molecule has 2 fully saturated rings. The maximum atomic E-state index is 11.7. The fourth-order valence-corrected chi connectivity index (χ4v) is 3.16. The van der Waals surface area contributed by atoms with Gasteiger partial charge in [0.25, 0.3) is 0 Å².